The number of nitrogens with zero attached hydrogens (tertiary/aromatic N) is 1. The molecule has 252 valence electrons. The molecular weight excluding hydrogens is 638 g/mol. The van der Waals surface area contributed by atoms with Gasteiger partial charge in [0.15, 0.2) is 5.88 Å². The molecule has 4 aromatic rings. The number of aromatic nitrogens is 1. The van der Waals surface area contributed by atoms with Crippen molar-refractivity contribution in [1.82, 2.24) is 15.2 Å². The number of rotatable bonds is 15. The molecule has 48 heavy (non-hydrogen) atoms. The number of para-hydroxylation sites is 1. The first-order chi connectivity index (χ1) is 23.0. The lowest BCUT2D eigenvalue weighted by atomic mass is 10.1. The normalized spacial score (nSPS) is 12.7. The maximum atomic E-state index is 12.9. The van der Waals surface area contributed by atoms with Crippen LogP contribution < -0.4 is 37.9 Å². The predicted octanol–water partition coefficient (Wildman–Crippen LogP) is 1.63. The number of carbonyl (C=O) groups excluding carboxylic acids is 4. The molecule has 3 atom stereocenters. The van der Waals surface area contributed by atoms with Crippen molar-refractivity contribution < 1.29 is 34.1 Å². The summed E-state index contributed by atoms with van der Waals surface area (Å²) in [4.78, 5) is 50.3. The maximum Gasteiger partial charge on any atom is 0.413 e. The predicted molar refractivity (Wildman–Crippen MR) is 180 cm³/mol. The molecule has 0 saturated carbocycles. The molecule has 3 unspecified atom stereocenters. The highest BCUT2D eigenvalue weighted by molar-refractivity contribution is 7.99. The van der Waals surface area contributed by atoms with Crippen molar-refractivity contribution in [2.75, 3.05) is 17.6 Å². The summed E-state index contributed by atoms with van der Waals surface area (Å²) >= 11 is 0.993. The number of amides is 4. The molecule has 4 amide bonds. The van der Waals surface area contributed by atoms with Gasteiger partial charge in [-0.25, -0.2) is 4.79 Å². The van der Waals surface area contributed by atoms with Crippen LogP contribution in [-0.4, -0.2) is 69.0 Å². The summed E-state index contributed by atoms with van der Waals surface area (Å²) in [7, 11) is 0. The zero-order valence-corrected chi connectivity index (χ0v) is 26.6. The van der Waals surface area contributed by atoms with E-state index >= 15 is 0 Å². The number of nitrogens with two attached hydrogens (primary N) is 3. The maximum absolute atomic E-state index is 12.9. The van der Waals surface area contributed by atoms with Gasteiger partial charge >= 0.3 is 6.09 Å². The van der Waals surface area contributed by atoms with Gasteiger partial charge in [-0.3, -0.25) is 19.0 Å². The van der Waals surface area contributed by atoms with E-state index in [1.165, 1.54) is 22.8 Å². The third-order valence-electron chi connectivity index (χ3n) is 7.07. The molecule has 1 heterocycles. The first-order valence-electron chi connectivity index (χ1n) is 14.8. The molecular formula is C33H37N7O7S. The number of ether oxygens (including phenoxy) is 1. The van der Waals surface area contributed by atoms with E-state index in [1.54, 1.807) is 36.4 Å². The van der Waals surface area contributed by atoms with Crippen LogP contribution in [-0.2, 0) is 27.3 Å². The number of primary amides is 1. The van der Waals surface area contributed by atoms with Gasteiger partial charge in [0, 0.05) is 24.1 Å². The zero-order valence-electron chi connectivity index (χ0n) is 25.7. The Hall–Kier alpha value is -5.51. The fourth-order valence-electron chi connectivity index (χ4n) is 4.48. The number of aromatic hydroxyl groups is 2. The van der Waals surface area contributed by atoms with Crippen molar-refractivity contribution in [1.29, 1.82) is 0 Å². The van der Waals surface area contributed by atoms with E-state index in [0.717, 1.165) is 22.9 Å². The largest absolute Gasteiger partial charge is 0.494 e. The standard InChI is InChI=1S/C33H37N7O7S/c34-17-25(39-33(46)47-23-13-11-20(12-14-23)15-24(35)30(43)37-22-9-5-2-6-10-22)31(44)38-26(29(36)42)19-48-27-16-28(41)40(32(27)45)18-21-7-3-1-4-8-21/h1-14,16,24-26,41,45H,15,17-19,34-35H2,(H2,36,42)(H,37,43)(H,38,44)(H,39,46). The fourth-order valence-corrected chi connectivity index (χ4v) is 5.50. The van der Waals surface area contributed by atoms with Crippen LogP contribution >= 0.6 is 11.8 Å². The van der Waals surface area contributed by atoms with E-state index in [4.69, 9.17) is 21.9 Å². The SMILES string of the molecule is NCC(NC(=O)Oc1ccc(CC(N)C(=O)Nc2ccccc2)cc1)C(=O)NC(CSc1cc(O)n(Cc2ccccc2)c1O)C(N)=O. The van der Waals surface area contributed by atoms with E-state index in [0.29, 0.717) is 5.69 Å². The van der Waals surface area contributed by atoms with Crippen LogP contribution in [0.4, 0.5) is 10.5 Å². The van der Waals surface area contributed by atoms with Gasteiger partial charge in [-0.1, -0.05) is 60.7 Å². The van der Waals surface area contributed by atoms with Crippen LogP contribution in [0.1, 0.15) is 11.1 Å². The van der Waals surface area contributed by atoms with Gasteiger partial charge in [-0.2, -0.15) is 0 Å². The Morgan fingerprint density at radius 2 is 1.48 bits per heavy atom. The van der Waals surface area contributed by atoms with Crippen molar-refractivity contribution >= 4 is 41.3 Å². The van der Waals surface area contributed by atoms with E-state index in [9.17, 15) is 29.4 Å². The highest BCUT2D eigenvalue weighted by Crippen LogP contribution is 2.36. The van der Waals surface area contributed by atoms with Crippen LogP contribution in [0.3, 0.4) is 0 Å². The van der Waals surface area contributed by atoms with E-state index in [1.807, 2.05) is 36.4 Å². The van der Waals surface area contributed by atoms with Gasteiger partial charge in [0.2, 0.25) is 23.6 Å². The Bertz CT molecular complexity index is 1700. The van der Waals surface area contributed by atoms with Crippen LogP contribution in [0.25, 0.3) is 0 Å². The van der Waals surface area contributed by atoms with Crippen molar-refractivity contribution in [3.05, 3.63) is 102 Å². The second-order valence-electron chi connectivity index (χ2n) is 10.7. The van der Waals surface area contributed by atoms with Crippen molar-refractivity contribution in [2.45, 2.75) is 36.0 Å². The Morgan fingerprint density at radius 1 is 0.833 bits per heavy atom. The summed E-state index contributed by atoms with van der Waals surface area (Å²) in [5.41, 5.74) is 19.5. The average Bonchev–Trinajstić information content (AvgIpc) is 3.34. The average molecular weight is 676 g/mol. The molecule has 14 nitrogen and oxygen atoms in total. The van der Waals surface area contributed by atoms with E-state index < -0.39 is 36.0 Å². The second-order valence-corrected chi connectivity index (χ2v) is 11.7. The summed E-state index contributed by atoms with van der Waals surface area (Å²) in [6.45, 7) is -0.111. The van der Waals surface area contributed by atoms with Gasteiger partial charge in [0.25, 0.3) is 0 Å². The molecule has 0 radical (unpaired) electrons. The summed E-state index contributed by atoms with van der Waals surface area (Å²) in [6.07, 6.45) is -0.738. The second kappa shape index (κ2) is 16.9. The number of thioether (sulfide) groups is 1. The van der Waals surface area contributed by atoms with Crippen LogP contribution in [0, 0.1) is 0 Å². The quantitative estimate of drug-likeness (QED) is 0.0848. The third-order valence-corrected chi connectivity index (χ3v) is 8.19. The smallest absolute Gasteiger partial charge is 0.413 e. The van der Waals surface area contributed by atoms with Gasteiger partial charge in [-0.05, 0) is 41.8 Å². The van der Waals surface area contributed by atoms with Gasteiger partial charge < -0.3 is 48.1 Å². The van der Waals surface area contributed by atoms with E-state index in [2.05, 4.69) is 16.0 Å². The fraction of sp³-hybridized carbons (Fsp3) is 0.212. The number of benzene rings is 3. The number of nitrogens with one attached hydrogen (secondary N) is 3. The molecule has 11 N–H and O–H groups in total. The molecule has 4 rings (SSSR count). The Balaban J connectivity index is 1.27. The Kier molecular flexibility index (Phi) is 12.4. The van der Waals surface area contributed by atoms with Crippen LogP contribution in [0.5, 0.6) is 17.5 Å². The number of carbonyl (C=O) groups is 4. The first kappa shape index (κ1) is 35.3. The molecule has 0 aliphatic carbocycles. The minimum Gasteiger partial charge on any atom is -0.494 e. The lowest BCUT2D eigenvalue weighted by Crippen LogP contribution is -2.56. The van der Waals surface area contributed by atoms with Crippen LogP contribution in [0.15, 0.2) is 95.9 Å². The summed E-state index contributed by atoms with van der Waals surface area (Å²) in [5, 5.41) is 28.6. The monoisotopic (exact) mass is 675 g/mol. The lowest BCUT2D eigenvalue weighted by Gasteiger charge is -2.20. The van der Waals surface area contributed by atoms with Crippen molar-refractivity contribution in [2.24, 2.45) is 17.2 Å². The summed E-state index contributed by atoms with van der Waals surface area (Å²) < 4.78 is 6.56. The lowest BCUT2D eigenvalue weighted by molar-refractivity contribution is -0.127. The van der Waals surface area contributed by atoms with Gasteiger partial charge in [-0.15, -0.1) is 11.8 Å². The molecule has 0 aliphatic rings. The van der Waals surface area contributed by atoms with Gasteiger partial charge in [0.05, 0.1) is 17.5 Å². The molecule has 1 aromatic heterocycles. The van der Waals surface area contributed by atoms with Gasteiger partial charge in [0.1, 0.15) is 17.8 Å². The topological polar surface area (TPSA) is 237 Å². The van der Waals surface area contributed by atoms with Crippen molar-refractivity contribution in [3.8, 4) is 17.5 Å². The highest BCUT2D eigenvalue weighted by atomic mass is 32.2. The molecule has 0 saturated heterocycles. The third kappa shape index (κ3) is 9.99. The number of anilines is 1. The molecule has 15 heteroatoms. The summed E-state index contributed by atoms with van der Waals surface area (Å²) in [5.74, 6) is -2.33. The molecule has 0 bridgehead atoms. The molecule has 0 fully saturated rings. The molecule has 0 aliphatic heterocycles. The Morgan fingerprint density at radius 3 is 2.10 bits per heavy atom. The Labute approximate surface area is 280 Å². The van der Waals surface area contributed by atoms with Crippen LogP contribution in [0.2, 0.25) is 0 Å². The van der Waals surface area contributed by atoms with Crippen molar-refractivity contribution in [3.63, 3.8) is 0 Å². The molecule has 3 aromatic carbocycles. The minimum atomic E-state index is -1.27. The molecule has 0 spiro atoms. The number of hydrogen-bond acceptors (Lipinski definition) is 10. The zero-order chi connectivity index (χ0) is 34.6. The summed E-state index contributed by atoms with van der Waals surface area (Å²) in [6, 6.07) is 22.5. The minimum absolute atomic E-state index is 0.0882. The van der Waals surface area contributed by atoms with E-state index in [-0.39, 0.29) is 53.6 Å². The first-order valence-corrected chi connectivity index (χ1v) is 15.8. The number of hydrogen-bond donors (Lipinski definition) is 8. The highest BCUT2D eigenvalue weighted by Gasteiger charge is 2.27.